The Morgan fingerprint density at radius 2 is 2.04 bits per heavy atom. The number of aromatic nitrogens is 1. The molecule has 5 nitrogen and oxygen atoms in total. The van der Waals surface area contributed by atoms with Crippen molar-refractivity contribution in [3.63, 3.8) is 0 Å². The van der Waals surface area contributed by atoms with Crippen molar-refractivity contribution in [2.45, 2.75) is 33.2 Å². The van der Waals surface area contributed by atoms with Crippen molar-refractivity contribution in [1.82, 2.24) is 10.3 Å². The van der Waals surface area contributed by atoms with Crippen LogP contribution in [0.1, 0.15) is 32.9 Å². The lowest BCUT2D eigenvalue weighted by Crippen LogP contribution is -2.35. The standard InChI is InChI=1S/C17H20N2O3S2/c1-10-4-5-14(11(2)8-10)17-18-12(3)15(23-17)16(20)19-13-6-7-24(21,22)9-13/h4-5,8,13H,6-7,9H2,1-3H3,(H,19,20)/t13-/m0/s1. The van der Waals surface area contributed by atoms with Gasteiger partial charge in [0.1, 0.15) is 9.88 Å². The highest BCUT2D eigenvalue weighted by Gasteiger charge is 2.30. The van der Waals surface area contributed by atoms with Crippen molar-refractivity contribution in [3.05, 3.63) is 39.9 Å². The number of aryl methyl sites for hydroxylation is 3. The monoisotopic (exact) mass is 364 g/mol. The second-order valence-electron chi connectivity index (χ2n) is 6.33. The third-order valence-electron chi connectivity index (χ3n) is 4.18. The van der Waals surface area contributed by atoms with E-state index in [0.29, 0.717) is 17.0 Å². The number of rotatable bonds is 3. The molecule has 1 atom stereocenters. The highest BCUT2D eigenvalue weighted by Crippen LogP contribution is 2.30. The Hall–Kier alpha value is -1.73. The maximum Gasteiger partial charge on any atom is 0.263 e. The van der Waals surface area contributed by atoms with E-state index < -0.39 is 9.84 Å². The van der Waals surface area contributed by atoms with E-state index in [1.807, 2.05) is 32.9 Å². The van der Waals surface area contributed by atoms with Crippen LogP contribution in [0.25, 0.3) is 10.6 Å². The van der Waals surface area contributed by atoms with Gasteiger partial charge in [0, 0.05) is 11.6 Å². The number of benzene rings is 1. The quantitative estimate of drug-likeness (QED) is 0.908. The molecular formula is C17H20N2O3S2. The summed E-state index contributed by atoms with van der Waals surface area (Å²) in [7, 11) is -3.01. The summed E-state index contributed by atoms with van der Waals surface area (Å²) in [4.78, 5) is 17.6. The van der Waals surface area contributed by atoms with Crippen molar-refractivity contribution in [3.8, 4) is 10.6 Å². The van der Waals surface area contributed by atoms with E-state index in [0.717, 1.165) is 16.1 Å². The Morgan fingerprint density at radius 1 is 1.29 bits per heavy atom. The highest BCUT2D eigenvalue weighted by molar-refractivity contribution is 7.91. The fourth-order valence-corrected chi connectivity index (χ4v) is 5.67. The molecule has 0 radical (unpaired) electrons. The fourth-order valence-electron chi connectivity index (χ4n) is 2.94. The smallest absolute Gasteiger partial charge is 0.263 e. The molecule has 0 saturated carbocycles. The Labute approximate surface area is 146 Å². The van der Waals surface area contributed by atoms with Crippen molar-refractivity contribution in [2.24, 2.45) is 0 Å². The van der Waals surface area contributed by atoms with E-state index in [-0.39, 0.29) is 23.5 Å². The number of sulfone groups is 1. The van der Waals surface area contributed by atoms with Gasteiger partial charge in [-0.25, -0.2) is 13.4 Å². The first-order valence-electron chi connectivity index (χ1n) is 7.81. The molecule has 2 heterocycles. The summed E-state index contributed by atoms with van der Waals surface area (Å²) < 4.78 is 23.0. The van der Waals surface area contributed by atoms with E-state index in [9.17, 15) is 13.2 Å². The van der Waals surface area contributed by atoms with Crippen molar-refractivity contribution in [2.75, 3.05) is 11.5 Å². The third kappa shape index (κ3) is 3.52. The molecule has 1 N–H and O–H groups in total. The summed E-state index contributed by atoms with van der Waals surface area (Å²) in [5, 5.41) is 3.65. The molecule has 1 saturated heterocycles. The zero-order chi connectivity index (χ0) is 17.5. The molecule has 7 heteroatoms. The normalized spacial score (nSPS) is 19.4. The van der Waals surface area contributed by atoms with Gasteiger partial charge in [0.2, 0.25) is 0 Å². The third-order valence-corrected chi connectivity index (χ3v) is 7.14. The van der Waals surface area contributed by atoms with E-state index in [2.05, 4.69) is 16.4 Å². The van der Waals surface area contributed by atoms with Gasteiger partial charge in [-0.05, 0) is 32.8 Å². The van der Waals surface area contributed by atoms with Crippen LogP contribution in [0.3, 0.4) is 0 Å². The molecule has 1 amide bonds. The minimum atomic E-state index is -3.01. The average molecular weight is 364 g/mol. The summed E-state index contributed by atoms with van der Waals surface area (Å²) >= 11 is 1.35. The van der Waals surface area contributed by atoms with Crippen LogP contribution in [0, 0.1) is 20.8 Å². The number of amides is 1. The van der Waals surface area contributed by atoms with Gasteiger partial charge >= 0.3 is 0 Å². The lowest BCUT2D eigenvalue weighted by molar-refractivity contribution is 0.0944. The maximum atomic E-state index is 12.5. The molecule has 0 spiro atoms. The lowest BCUT2D eigenvalue weighted by atomic mass is 10.1. The van der Waals surface area contributed by atoms with E-state index in [1.54, 1.807) is 0 Å². The predicted molar refractivity (Wildman–Crippen MR) is 96.3 cm³/mol. The summed E-state index contributed by atoms with van der Waals surface area (Å²) in [6.07, 6.45) is 0.482. The van der Waals surface area contributed by atoms with Gasteiger partial charge in [0.05, 0.1) is 17.2 Å². The Kier molecular flexibility index (Phi) is 4.48. The average Bonchev–Trinajstić information content (AvgIpc) is 3.01. The summed E-state index contributed by atoms with van der Waals surface area (Å²) in [6, 6.07) is 5.85. The summed E-state index contributed by atoms with van der Waals surface area (Å²) in [5.74, 6) is -0.0587. The second-order valence-corrected chi connectivity index (χ2v) is 9.55. The molecule has 24 heavy (non-hydrogen) atoms. The second kappa shape index (κ2) is 6.29. The summed E-state index contributed by atoms with van der Waals surface area (Å²) in [5.41, 5.74) is 4.01. The Balaban J connectivity index is 1.82. The molecule has 1 aliphatic rings. The molecule has 0 aliphatic carbocycles. The molecular weight excluding hydrogens is 344 g/mol. The molecule has 128 valence electrons. The van der Waals surface area contributed by atoms with Gasteiger partial charge in [0.15, 0.2) is 9.84 Å². The topological polar surface area (TPSA) is 76.1 Å². The largest absolute Gasteiger partial charge is 0.347 e. The number of hydrogen-bond acceptors (Lipinski definition) is 5. The number of hydrogen-bond donors (Lipinski definition) is 1. The van der Waals surface area contributed by atoms with E-state index >= 15 is 0 Å². The van der Waals surface area contributed by atoms with Gasteiger partial charge in [0.25, 0.3) is 5.91 Å². The molecule has 1 aromatic carbocycles. The molecule has 1 aromatic heterocycles. The van der Waals surface area contributed by atoms with Crippen LogP contribution in [0.4, 0.5) is 0 Å². The van der Waals surface area contributed by atoms with Gasteiger partial charge in [-0.15, -0.1) is 11.3 Å². The first kappa shape index (κ1) is 17.1. The minimum Gasteiger partial charge on any atom is -0.347 e. The maximum absolute atomic E-state index is 12.5. The van der Waals surface area contributed by atoms with Gasteiger partial charge < -0.3 is 5.32 Å². The van der Waals surface area contributed by atoms with Crippen molar-refractivity contribution < 1.29 is 13.2 Å². The number of nitrogens with zero attached hydrogens (tertiary/aromatic N) is 1. The molecule has 1 aliphatic heterocycles. The summed E-state index contributed by atoms with van der Waals surface area (Å²) in [6.45, 7) is 5.88. The van der Waals surface area contributed by atoms with Crippen molar-refractivity contribution >= 4 is 27.1 Å². The van der Waals surface area contributed by atoms with Gasteiger partial charge in [-0.2, -0.15) is 0 Å². The highest BCUT2D eigenvalue weighted by atomic mass is 32.2. The van der Waals surface area contributed by atoms with Crippen LogP contribution in [-0.4, -0.2) is 36.9 Å². The Morgan fingerprint density at radius 3 is 2.67 bits per heavy atom. The number of carbonyl (C=O) groups is 1. The first-order valence-corrected chi connectivity index (χ1v) is 10.5. The SMILES string of the molecule is Cc1ccc(-c2nc(C)c(C(=O)N[C@H]3CCS(=O)(=O)C3)s2)c(C)c1. The van der Waals surface area contributed by atoms with Crippen LogP contribution in [-0.2, 0) is 9.84 Å². The molecule has 0 unspecified atom stereocenters. The molecule has 0 bridgehead atoms. The van der Waals surface area contributed by atoms with Crippen LogP contribution < -0.4 is 5.32 Å². The first-order chi connectivity index (χ1) is 11.2. The van der Waals surface area contributed by atoms with E-state index in [1.165, 1.54) is 16.9 Å². The van der Waals surface area contributed by atoms with E-state index in [4.69, 9.17) is 0 Å². The predicted octanol–water partition coefficient (Wildman–Crippen LogP) is 2.65. The molecule has 3 rings (SSSR count). The minimum absolute atomic E-state index is 0.0283. The fraction of sp³-hybridized carbons (Fsp3) is 0.412. The van der Waals surface area contributed by atoms with Crippen LogP contribution in [0.5, 0.6) is 0 Å². The Bertz CT molecular complexity index is 901. The number of nitrogens with one attached hydrogen (secondary N) is 1. The van der Waals surface area contributed by atoms with Crippen molar-refractivity contribution in [1.29, 1.82) is 0 Å². The van der Waals surface area contributed by atoms with Gasteiger partial charge in [-0.1, -0.05) is 23.8 Å². The molecule has 1 fully saturated rings. The zero-order valence-electron chi connectivity index (χ0n) is 13.9. The molecule has 2 aromatic rings. The van der Waals surface area contributed by atoms with Crippen LogP contribution >= 0.6 is 11.3 Å². The van der Waals surface area contributed by atoms with Gasteiger partial charge in [-0.3, -0.25) is 4.79 Å². The zero-order valence-corrected chi connectivity index (χ0v) is 15.6. The number of thiazole rings is 1. The van der Waals surface area contributed by atoms with Crippen LogP contribution in [0.2, 0.25) is 0 Å². The lowest BCUT2D eigenvalue weighted by Gasteiger charge is -2.09. The number of carbonyl (C=O) groups excluding carboxylic acids is 1. The van der Waals surface area contributed by atoms with Crippen LogP contribution in [0.15, 0.2) is 18.2 Å².